The Morgan fingerprint density at radius 2 is 0.891 bits per heavy atom. The van der Waals surface area contributed by atoms with Crippen LogP contribution in [0, 0.1) is 0 Å². The van der Waals surface area contributed by atoms with Gasteiger partial charge in [0.15, 0.2) is 0 Å². The van der Waals surface area contributed by atoms with Crippen LogP contribution in [0.4, 0.5) is 0 Å². The molecule has 8 aromatic carbocycles. The van der Waals surface area contributed by atoms with E-state index in [0.717, 1.165) is 16.6 Å². The van der Waals surface area contributed by atoms with Crippen molar-refractivity contribution in [2.24, 2.45) is 0 Å². The molecule has 1 heteroatoms. The van der Waals surface area contributed by atoms with Crippen LogP contribution in [0.5, 0.6) is 0 Å². The summed E-state index contributed by atoms with van der Waals surface area (Å²) in [6.45, 7) is 4.76. The van der Waals surface area contributed by atoms with E-state index in [1.54, 1.807) is 0 Å². The predicted octanol–water partition coefficient (Wildman–Crippen LogP) is 12.7. The third kappa shape index (κ3) is 3.30. The van der Waals surface area contributed by atoms with Gasteiger partial charge in [-0.2, -0.15) is 0 Å². The molecule has 46 heavy (non-hydrogen) atoms. The molecule has 0 spiro atoms. The number of furan rings is 1. The highest BCUT2D eigenvalue weighted by molar-refractivity contribution is 6.27. The third-order valence-electron chi connectivity index (χ3n) is 10.4. The molecule has 0 atom stereocenters. The van der Waals surface area contributed by atoms with Crippen molar-refractivity contribution in [1.82, 2.24) is 0 Å². The van der Waals surface area contributed by atoms with Gasteiger partial charge in [0.2, 0.25) is 0 Å². The average molecular weight is 587 g/mol. The van der Waals surface area contributed by atoms with Gasteiger partial charge in [-0.05, 0) is 95.0 Å². The SMILES string of the molecule is CC1(C)c2ccccc2-c2cc(-c3c4ccccc4c(-c4cccc5oc6ccccc6c45)c4ccccc34)c3ccccc3c21. The predicted molar refractivity (Wildman–Crippen MR) is 195 cm³/mol. The van der Waals surface area contributed by atoms with E-state index in [2.05, 4.69) is 153 Å². The summed E-state index contributed by atoms with van der Waals surface area (Å²) in [5.74, 6) is 0. The standard InChI is InChI=1S/C45H30O/c1-45(2)38-23-11-9-15-28(38)37-26-36(27-14-3-8-20-33(27)44(37)45)42-31-18-6-4-16-29(31)41(30-17-5-7-19-32(30)42)35-22-13-25-40-43(35)34-21-10-12-24-39(34)46-40/h3-26H,1-2H3. The first-order valence-electron chi connectivity index (χ1n) is 16.1. The Hall–Kier alpha value is -5.66. The summed E-state index contributed by atoms with van der Waals surface area (Å²) in [5, 5.41) is 9.97. The van der Waals surface area contributed by atoms with E-state index < -0.39 is 0 Å². The van der Waals surface area contributed by atoms with Gasteiger partial charge in [-0.15, -0.1) is 0 Å². The van der Waals surface area contributed by atoms with Gasteiger partial charge in [0.1, 0.15) is 11.2 Å². The molecular weight excluding hydrogens is 556 g/mol. The Morgan fingerprint density at radius 1 is 0.391 bits per heavy atom. The van der Waals surface area contributed by atoms with E-state index in [4.69, 9.17) is 4.42 Å². The number of rotatable bonds is 2. The van der Waals surface area contributed by atoms with Gasteiger partial charge in [0.25, 0.3) is 0 Å². The first-order chi connectivity index (χ1) is 22.6. The lowest BCUT2D eigenvalue weighted by Gasteiger charge is -2.25. The van der Waals surface area contributed by atoms with Crippen molar-refractivity contribution in [2.45, 2.75) is 19.3 Å². The summed E-state index contributed by atoms with van der Waals surface area (Å²) in [6.07, 6.45) is 0. The molecule has 0 unspecified atom stereocenters. The molecule has 0 bridgehead atoms. The van der Waals surface area contributed by atoms with Crippen LogP contribution in [0.15, 0.2) is 150 Å². The normalized spacial score (nSPS) is 13.6. The minimum absolute atomic E-state index is 0.0793. The van der Waals surface area contributed by atoms with E-state index in [-0.39, 0.29) is 5.41 Å². The second kappa shape index (κ2) is 9.19. The minimum atomic E-state index is -0.0793. The van der Waals surface area contributed by atoms with E-state index >= 15 is 0 Å². The number of para-hydroxylation sites is 1. The number of hydrogen-bond acceptors (Lipinski definition) is 1. The zero-order chi connectivity index (χ0) is 30.6. The Balaban J connectivity index is 1.38. The quantitative estimate of drug-likeness (QED) is 0.184. The van der Waals surface area contributed by atoms with Crippen molar-refractivity contribution in [2.75, 3.05) is 0 Å². The maximum absolute atomic E-state index is 6.37. The highest BCUT2D eigenvalue weighted by atomic mass is 16.3. The van der Waals surface area contributed by atoms with Crippen LogP contribution in [0.1, 0.15) is 25.0 Å². The highest BCUT2D eigenvalue weighted by Crippen LogP contribution is 2.55. The molecule has 1 aromatic heterocycles. The molecule has 9 aromatic rings. The Bertz CT molecular complexity index is 2660. The largest absolute Gasteiger partial charge is 0.456 e. The van der Waals surface area contributed by atoms with Gasteiger partial charge in [0, 0.05) is 16.2 Å². The van der Waals surface area contributed by atoms with Crippen molar-refractivity contribution in [1.29, 1.82) is 0 Å². The molecule has 1 nitrogen and oxygen atoms in total. The van der Waals surface area contributed by atoms with Crippen molar-refractivity contribution >= 4 is 54.3 Å². The first-order valence-corrected chi connectivity index (χ1v) is 16.1. The lowest BCUT2D eigenvalue weighted by molar-refractivity contribution is 0.666. The fourth-order valence-corrected chi connectivity index (χ4v) is 8.56. The summed E-state index contributed by atoms with van der Waals surface area (Å²) >= 11 is 0. The van der Waals surface area contributed by atoms with Crippen molar-refractivity contribution in [3.05, 3.63) is 157 Å². The topological polar surface area (TPSA) is 13.1 Å². The zero-order valence-corrected chi connectivity index (χ0v) is 25.8. The van der Waals surface area contributed by atoms with E-state index in [1.807, 2.05) is 6.07 Å². The Labute approximate surface area is 267 Å². The summed E-state index contributed by atoms with van der Waals surface area (Å²) in [5.41, 5.74) is 12.3. The number of fused-ring (bicyclic) bond motifs is 10. The van der Waals surface area contributed by atoms with Crippen LogP contribution in [0.25, 0.3) is 87.6 Å². The molecule has 0 radical (unpaired) electrons. The molecule has 1 aliphatic carbocycles. The van der Waals surface area contributed by atoms with Gasteiger partial charge >= 0.3 is 0 Å². The summed E-state index contributed by atoms with van der Waals surface area (Å²) in [6, 6.07) is 53.3. The first kappa shape index (κ1) is 25.6. The molecule has 0 saturated carbocycles. The fourth-order valence-electron chi connectivity index (χ4n) is 8.56. The van der Waals surface area contributed by atoms with Crippen molar-refractivity contribution in [3.8, 4) is 33.4 Å². The van der Waals surface area contributed by atoms with Crippen LogP contribution in [-0.4, -0.2) is 0 Å². The maximum Gasteiger partial charge on any atom is 0.136 e. The van der Waals surface area contributed by atoms with Gasteiger partial charge < -0.3 is 4.42 Å². The summed E-state index contributed by atoms with van der Waals surface area (Å²) < 4.78 is 6.37. The van der Waals surface area contributed by atoms with E-state index in [1.165, 1.54) is 82.2 Å². The van der Waals surface area contributed by atoms with Gasteiger partial charge in [0.05, 0.1) is 0 Å². The van der Waals surface area contributed by atoms with Crippen LogP contribution in [0.3, 0.4) is 0 Å². The maximum atomic E-state index is 6.37. The third-order valence-corrected chi connectivity index (χ3v) is 10.4. The molecule has 10 rings (SSSR count). The lowest BCUT2D eigenvalue weighted by Crippen LogP contribution is -2.15. The van der Waals surface area contributed by atoms with Crippen LogP contribution < -0.4 is 0 Å². The van der Waals surface area contributed by atoms with E-state index in [0.29, 0.717) is 0 Å². The van der Waals surface area contributed by atoms with Gasteiger partial charge in [-0.25, -0.2) is 0 Å². The Kier molecular flexibility index (Phi) is 5.12. The second-order valence-electron chi connectivity index (χ2n) is 13.2. The molecule has 0 aliphatic heterocycles. The Morgan fingerprint density at radius 3 is 1.59 bits per heavy atom. The fraction of sp³-hybridized carbons (Fsp3) is 0.0667. The van der Waals surface area contributed by atoms with E-state index in [9.17, 15) is 0 Å². The zero-order valence-electron chi connectivity index (χ0n) is 25.8. The molecule has 0 amide bonds. The van der Waals surface area contributed by atoms with Crippen LogP contribution >= 0.6 is 0 Å². The monoisotopic (exact) mass is 586 g/mol. The smallest absolute Gasteiger partial charge is 0.136 e. The molecule has 216 valence electrons. The molecule has 0 saturated heterocycles. The summed E-state index contributed by atoms with van der Waals surface area (Å²) in [4.78, 5) is 0. The van der Waals surface area contributed by atoms with Gasteiger partial charge in [-0.1, -0.05) is 141 Å². The molecule has 1 aliphatic rings. The highest BCUT2D eigenvalue weighted by Gasteiger charge is 2.37. The van der Waals surface area contributed by atoms with Crippen molar-refractivity contribution < 1.29 is 4.42 Å². The summed E-state index contributed by atoms with van der Waals surface area (Å²) in [7, 11) is 0. The molecule has 0 N–H and O–H groups in total. The molecule has 0 fully saturated rings. The van der Waals surface area contributed by atoms with Crippen LogP contribution in [-0.2, 0) is 5.41 Å². The average Bonchev–Trinajstić information content (AvgIpc) is 3.59. The lowest BCUT2D eigenvalue weighted by atomic mass is 9.78. The number of hydrogen-bond donors (Lipinski definition) is 0. The molecule has 1 heterocycles. The second-order valence-corrected chi connectivity index (χ2v) is 13.2. The minimum Gasteiger partial charge on any atom is -0.456 e. The van der Waals surface area contributed by atoms with Crippen molar-refractivity contribution in [3.63, 3.8) is 0 Å². The van der Waals surface area contributed by atoms with Crippen LogP contribution in [0.2, 0.25) is 0 Å². The number of benzene rings is 8. The molecular formula is C45H30O. The van der Waals surface area contributed by atoms with Gasteiger partial charge in [-0.3, -0.25) is 0 Å².